The summed E-state index contributed by atoms with van der Waals surface area (Å²) in [6, 6.07) is 20.1. The number of fused-ring (bicyclic) bond motifs is 1. The van der Waals surface area contributed by atoms with Crippen LogP contribution in [0, 0.1) is 0 Å². The van der Waals surface area contributed by atoms with Crippen molar-refractivity contribution in [1.29, 1.82) is 0 Å². The Kier molecular flexibility index (Phi) is 7.81. The molecular formula is C28H31N5O4. The highest BCUT2D eigenvalue weighted by Crippen LogP contribution is 2.33. The highest BCUT2D eigenvalue weighted by molar-refractivity contribution is 6.07. The summed E-state index contributed by atoms with van der Waals surface area (Å²) in [5.74, 6) is -0.600. The number of likely N-dealkylation sites (tertiary alicyclic amines) is 1. The molecule has 4 rings (SSSR count). The average molecular weight is 502 g/mol. The van der Waals surface area contributed by atoms with E-state index in [0.29, 0.717) is 30.8 Å². The number of nitrogens with zero attached hydrogens (tertiary/aromatic N) is 3. The van der Waals surface area contributed by atoms with Crippen molar-refractivity contribution in [2.75, 3.05) is 18.4 Å². The highest BCUT2D eigenvalue weighted by atomic mass is 16.6. The number of nitrogens with one attached hydrogen (secondary N) is 2. The van der Waals surface area contributed by atoms with Crippen molar-refractivity contribution in [1.82, 2.24) is 10.2 Å². The van der Waals surface area contributed by atoms with E-state index in [1.54, 1.807) is 26.8 Å². The summed E-state index contributed by atoms with van der Waals surface area (Å²) in [7, 11) is 0. The van der Waals surface area contributed by atoms with Crippen LogP contribution in [0.5, 0.6) is 0 Å². The van der Waals surface area contributed by atoms with Crippen molar-refractivity contribution in [2.45, 2.75) is 45.3 Å². The fourth-order valence-electron chi connectivity index (χ4n) is 4.20. The standard InChI is InChI=1S/C28H31N5O4/c1-28(2,3)37-27(36)29-18-25(34)33-17-9-14-24(33)26(35)30-22-15-16-23(21-13-8-7-12-20(21)22)32-31-19-10-5-4-6-11-19/h4-8,10-13,15-16,24H,9,14,17-18H2,1-3H3,(H,29,36)(H,30,35)/b32-31+/t24-/m0/s1. The van der Waals surface area contributed by atoms with E-state index in [9.17, 15) is 14.4 Å². The summed E-state index contributed by atoms with van der Waals surface area (Å²) < 4.78 is 5.18. The largest absolute Gasteiger partial charge is 0.444 e. The molecule has 3 amide bonds. The predicted molar refractivity (Wildman–Crippen MR) is 142 cm³/mol. The minimum Gasteiger partial charge on any atom is -0.444 e. The zero-order valence-electron chi connectivity index (χ0n) is 21.2. The van der Waals surface area contributed by atoms with E-state index in [2.05, 4.69) is 20.9 Å². The van der Waals surface area contributed by atoms with Crippen LogP contribution in [0.2, 0.25) is 0 Å². The molecule has 192 valence electrons. The minimum atomic E-state index is -0.669. The molecule has 0 radical (unpaired) electrons. The van der Waals surface area contributed by atoms with Gasteiger partial charge in [0.05, 0.1) is 11.4 Å². The molecule has 0 unspecified atom stereocenters. The number of azo groups is 1. The first-order valence-corrected chi connectivity index (χ1v) is 12.3. The SMILES string of the molecule is CC(C)(C)OC(=O)NCC(=O)N1CCC[C@H]1C(=O)Nc1ccc(/N=N/c2ccccc2)c2ccccc12. The Morgan fingerprint density at radius 3 is 2.38 bits per heavy atom. The lowest BCUT2D eigenvalue weighted by Gasteiger charge is -2.25. The Morgan fingerprint density at radius 2 is 1.65 bits per heavy atom. The summed E-state index contributed by atoms with van der Waals surface area (Å²) in [5, 5.41) is 15.9. The average Bonchev–Trinajstić information content (AvgIpc) is 3.37. The Labute approximate surface area is 215 Å². The van der Waals surface area contributed by atoms with Crippen molar-refractivity contribution < 1.29 is 19.1 Å². The van der Waals surface area contributed by atoms with Gasteiger partial charge in [-0.2, -0.15) is 5.11 Å². The van der Waals surface area contributed by atoms with E-state index >= 15 is 0 Å². The van der Waals surface area contributed by atoms with Gasteiger partial charge in [0.1, 0.15) is 18.2 Å². The third kappa shape index (κ3) is 6.69. The molecule has 0 aliphatic carbocycles. The number of carbonyl (C=O) groups excluding carboxylic acids is 3. The van der Waals surface area contributed by atoms with Gasteiger partial charge in [0, 0.05) is 23.0 Å². The van der Waals surface area contributed by atoms with Gasteiger partial charge in [-0.15, -0.1) is 5.11 Å². The van der Waals surface area contributed by atoms with Gasteiger partial charge in [-0.3, -0.25) is 9.59 Å². The number of hydrogen-bond donors (Lipinski definition) is 2. The van der Waals surface area contributed by atoms with Gasteiger partial charge in [-0.1, -0.05) is 42.5 Å². The summed E-state index contributed by atoms with van der Waals surface area (Å²) in [6.45, 7) is 5.46. The molecule has 9 heteroatoms. The van der Waals surface area contributed by atoms with Crippen LogP contribution >= 0.6 is 0 Å². The molecule has 9 nitrogen and oxygen atoms in total. The summed E-state index contributed by atoms with van der Waals surface area (Å²) in [5.41, 5.74) is 1.40. The second kappa shape index (κ2) is 11.2. The smallest absolute Gasteiger partial charge is 0.408 e. The van der Waals surface area contributed by atoms with Gasteiger partial charge in [0.2, 0.25) is 11.8 Å². The van der Waals surface area contributed by atoms with Crippen molar-refractivity contribution >= 4 is 45.7 Å². The maximum absolute atomic E-state index is 13.2. The number of hydrogen-bond acceptors (Lipinski definition) is 6. The molecule has 0 spiro atoms. The minimum absolute atomic E-state index is 0.233. The topological polar surface area (TPSA) is 112 Å². The van der Waals surface area contributed by atoms with Crippen LogP contribution in [0.3, 0.4) is 0 Å². The number of ether oxygens (including phenoxy) is 1. The Morgan fingerprint density at radius 1 is 0.946 bits per heavy atom. The first-order chi connectivity index (χ1) is 17.7. The normalized spacial score (nSPS) is 15.6. The number of carbonyl (C=O) groups is 3. The second-order valence-corrected chi connectivity index (χ2v) is 9.80. The molecule has 3 aromatic carbocycles. The van der Waals surface area contributed by atoms with E-state index in [1.807, 2.05) is 60.7 Å². The molecule has 2 N–H and O–H groups in total. The highest BCUT2D eigenvalue weighted by Gasteiger charge is 2.34. The van der Waals surface area contributed by atoms with E-state index in [0.717, 1.165) is 16.5 Å². The molecule has 3 aromatic rings. The number of anilines is 1. The summed E-state index contributed by atoms with van der Waals surface area (Å²) in [6.07, 6.45) is 0.582. The zero-order valence-corrected chi connectivity index (χ0v) is 21.2. The molecule has 1 fully saturated rings. The molecule has 1 aliphatic heterocycles. The number of amides is 3. The Hall–Kier alpha value is -4.27. The van der Waals surface area contributed by atoms with Crippen molar-refractivity contribution in [3.05, 3.63) is 66.7 Å². The molecule has 1 aliphatic rings. The first kappa shape index (κ1) is 25.8. The molecule has 0 bridgehead atoms. The lowest BCUT2D eigenvalue weighted by atomic mass is 10.1. The fraction of sp³-hybridized carbons (Fsp3) is 0.321. The molecule has 0 saturated carbocycles. The molecule has 0 aromatic heterocycles. The number of benzene rings is 3. The van der Waals surface area contributed by atoms with Crippen molar-refractivity contribution in [3.63, 3.8) is 0 Å². The van der Waals surface area contributed by atoms with Crippen LogP contribution in [0.1, 0.15) is 33.6 Å². The first-order valence-electron chi connectivity index (χ1n) is 12.3. The van der Waals surface area contributed by atoms with Crippen LogP contribution in [-0.2, 0) is 14.3 Å². The molecule has 37 heavy (non-hydrogen) atoms. The van der Waals surface area contributed by atoms with Gasteiger partial charge in [0.25, 0.3) is 0 Å². The number of alkyl carbamates (subject to hydrolysis) is 1. The van der Waals surface area contributed by atoms with Crippen LogP contribution in [-0.4, -0.2) is 47.5 Å². The zero-order chi connectivity index (χ0) is 26.4. The van der Waals surface area contributed by atoms with E-state index < -0.39 is 17.7 Å². The van der Waals surface area contributed by atoms with Gasteiger partial charge in [0.15, 0.2) is 0 Å². The Bertz CT molecular complexity index is 1320. The molecule has 1 saturated heterocycles. The van der Waals surface area contributed by atoms with Crippen LogP contribution in [0.25, 0.3) is 10.8 Å². The van der Waals surface area contributed by atoms with E-state index in [1.165, 1.54) is 4.90 Å². The van der Waals surface area contributed by atoms with Crippen LogP contribution in [0.4, 0.5) is 21.9 Å². The lowest BCUT2D eigenvalue weighted by Crippen LogP contribution is -2.47. The monoisotopic (exact) mass is 501 g/mol. The van der Waals surface area contributed by atoms with Crippen LogP contribution in [0.15, 0.2) is 77.0 Å². The lowest BCUT2D eigenvalue weighted by molar-refractivity contribution is -0.135. The van der Waals surface area contributed by atoms with Gasteiger partial charge in [-0.25, -0.2) is 4.79 Å². The van der Waals surface area contributed by atoms with Gasteiger partial charge >= 0.3 is 6.09 Å². The molecular weight excluding hydrogens is 470 g/mol. The maximum Gasteiger partial charge on any atom is 0.408 e. The maximum atomic E-state index is 13.2. The van der Waals surface area contributed by atoms with Crippen molar-refractivity contribution in [3.8, 4) is 0 Å². The third-order valence-electron chi connectivity index (χ3n) is 5.85. The summed E-state index contributed by atoms with van der Waals surface area (Å²) >= 11 is 0. The van der Waals surface area contributed by atoms with Crippen molar-refractivity contribution in [2.24, 2.45) is 10.2 Å². The van der Waals surface area contributed by atoms with E-state index in [-0.39, 0.29) is 18.4 Å². The quantitative estimate of drug-likeness (QED) is 0.421. The number of rotatable bonds is 6. The molecule has 1 atom stereocenters. The Balaban J connectivity index is 1.46. The van der Waals surface area contributed by atoms with Crippen LogP contribution < -0.4 is 10.6 Å². The molecule has 1 heterocycles. The van der Waals surface area contributed by atoms with E-state index in [4.69, 9.17) is 4.74 Å². The predicted octanol–water partition coefficient (Wildman–Crippen LogP) is 5.71. The van der Waals surface area contributed by atoms with Gasteiger partial charge in [-0.05, 0) is 57.9 Å². The third-order valence-corrected chi connectivity index (χ3v) is 5.85. The second-order valence-electron chi connectivity index (χ2n) is 9.80. The fourth-order valence-corrected chi connectivity index (χ4v) is 4.20. The summed E-state index contributed by atoms with van der Waals surface area (Å²) in [4.78, 5) is 39.4. The van der Waals surface area contributed by atoms with Gasteiger partial charge < -0.3 is 20.3 Å².